The van der Waals surface area contributed by atoms with E-state index < -0.39 is 0 Å². The number of nitrogens with two attached hydrogens (primary N) is 1. The summed E-state index contributed by atoms with van der Waals surface area (Å²) >= 11 is 0. The average molecular weight is 270 g/mol. The van der Waals surface area contributed by atoms with Gasteiger partial charge < -0.3 is 10.5 Å². The second-order valence-electron chi connectivity index (χ2n) is 5.80. The van der Waals surface area contributed by atoms with Crippen molar-refractivity contribution in [3.8, 4) is 17.6 Å². The van der Waals surface area contributed by atoms with Crippen LogP contribution in [0.3, 0.4) is 0 Å². The number of hydrogen-bond donors (Lipinski definition) is 1. The Bertz CT molecular complexity index is 544. The van der Waals surface area contributed by atoms with E-state index in [4.69, 9.17) is 10.5 Å². The summed E-state index contributed by atoms with van der Waals surface area (Å²) in [6, 6.07) is 7.12. The number of ether oxygens (including phenoxy) is 1. The van der Waals surface area contributed by atoms with Crippen molar-refractivity contribution < 1.29 is 4.74 Å². The Hall–Kier alpha value is -1.50. The number of piperidine rings is 1. The fourth-order valence-corrected chi connectivity index (χ4v) is 3.55. The molecule has 1 saturated heterocycles. The van der Waals surface area contributed by atoms with Crippen molar-refractivity contribution in [2.75, 3.05) is 20.2 Å². The molecular weight excluding hydrogens is 248 g/mol. The summed E-state index contributed by atoms with van der Waals surface area (Å²) in [4.78, 5) is 2.62. The third-order valence-electron chi connectivity index (χ3n) is 4.50. The van der Waals surface area contributed by atoms with Crippen molar-refractivity contribution in [3.63, 3.8) is 0 Å². The molecule has 3 rings (SSSR count). The summed E-state index contributed by atoms with van der Waals surface area (Å²) in [6.45, 7) is 2.67. The monoisotopic (exact) mass is 270 g/mol. The van der Waals surface area contributed by atoms with Gasteiger partial charge in [0.25, 0.3) is 0 Å². The van der Waals surface area contributed by atoms with Crippen LogP contribution in [0.15, 0.2) is 18.2 Å². The highest BCUT2D eigenvalue weighted by atomic mass is 16.5. The van der Waals surface area contributed by atoms with Gasteiger partial charge in [-0.25, -0.2) is 0 Å². The molecule has 0 aromatic heterocycles. The van der Waals surface area contributed by atoms with Crippen molar-refractivity contribution in [3.05, 3.63) is 29.3 Å². The molecule has 1 aliphatic heterocycles. The lowest BCUT2D eigenvalue weighted by Gasteiger charge is -2.26. The lowest BCUT2D eigenvalue weighted by molar-refractivity contribution is 0.205. The summed E-state index contributed by atoms with van der Waals surface area (Å²) in [6.07, 6.45) is 4.20. The fourth-order valence-electron chi connectivity index (χ4n) is 3.55. The third kappa shape index (κ3) is 2.67. The van der Waals surface area contributed by atoms with E-state index in [1.165, 1.54) is 31.4 Å². The lowest BCUT2D eigenvalue weighted by Crippen LogP contribution is -2.31. The Kier molecular flexibility index (Phi) is 3.95. The minimum atomic E-state index is 0.378. The number of hydrogen-bond acceptors (Lipinski definition) is 3. The predicted molar refractivity (Wildman–Crippen MR) is 80.5 cm³/mol. The van der Waals surface area contributed by atoms with Gasteiger partial charge in [0.05, 0.1) is 19.2 Å². The Morgan fingerprint density at radius 2 is 2.30 bits per heavy atom. The maximum Gasteiger partial charge on any atom is 0.134 e. The zero-order valence-electron chi connectivity index (χ0n) is 12.1. The van der Waals surface area contributed by atoms with Gasteiger partial charge in [-0.1, -0.05) is 17.9 Å². The van der Waals surface area contributed by atoms with E-state index in [1.54, 1.807) is 7.11 Å². The van der Waals surface area contributed by atoms with Crippen LogP contribution in [0.5, 0.6) is 5.75 Å². The molecule has 1 saturated carbocycles. The molecule has 3 nitrogen and oxygen atoms in total. The van der Waals surface area contributed by atoms with E-state index in [0.29, 0.717) is 6.54 Å². The highest BCUT2D eigenvalue weighted by molar-refractivity contribution is 5.48. The number of benzene rings is 1. The molecule has 2 fully saturated rings. The third-order valence-corrected chi connectivity index (χ3v) is 4.50. The van der Waals surface area contributed by atoms with Gasteiger partial charge in [-0.15, -0.1) is 0 Å². The second kappa shape index (κ2) is 5.87. The van der Waals surface area contributed by atoms with E-state index in [-0.39, 0.29) is 0 Å². The van der Waals surface area contributed by atoms with E-state index in [1.807, 2.05) is 6.07 Å². The minimum Gasteiger partial charge on any atom is -0.495 e. The first-order valence-electron chi connectivity index (χ1n) is 7.40. The number of methoxy groups -OCH3 is 1. The minimum absolute atomic E-state index is 0.378. The number of rotatable bonds is 3. The molecule has 1 aliphatic carbocycles. The van der Waals surface area contributed by atoms with Crippen LogP contribution in [0.4, 0.5) is 0 Å². The van der Waals surface area contributed by atoms with Crippen molar-refractivity contribution in [2.45, 2.75) is 31.8 Å². The van der Waals surface area contributed by atoms with Gasteiger partial charge in [-0.05, 0) is 42.9 Å². The van der Waals surface area contributed by atoms with Crippen LogP contribution in [-0.2, 0) is 6.54 Å². The van der Waals surface area contributed by atoms with Crippen molar-refractivity contribution in [2.24, 2.45) is 11.7 Å². The van der Waals surface area contributed by atoms with Crippen LogP contribution in [0, 0.1) is 17.8 Å². The summed E-state index contributed by atoms with van der Waals surface area (Å²) in [5.41, 5.74) is 7.72. The standard InChI is InChI=1S/C17H22N2O/c1-20-17-7-5-13(9-15(17)3-2-8-18)11-19-12-14-4-6-16(19)10-14/h5,7,9,14,16H,4,6,8,10-12,18H2,1H3. The van der Waals surface area contributed by atoms with Gasteiger partial charge >= 0.3 is 0 Å². The number of fused-ring (bicyclic) bond motifs is 2. The van der Waals surface area contributed by atoms with Crippen LogP contribution < -0.4 is 10.5 Å². The van der Waals surface area contributed by atoms with Crippen LogP contribution in [0.25, 0.3) is 0 Å². The molecule has 2 atom stereocenters. The smallest absolute Gasteiger partial charge is 0.134 e. The van der Waals surface area contributed by atoms with Crippen LogP contribution in [-0.4, -0.2) is 31.1 Å². The Morgan fingerprint density at radius 1 is 1.40 bits per heavy atom. The van der Waals surface area contributed by atoms with Gasteiger partial charge in [-0.2, -0.15) is 0 Å². The Balaban J connectivity index is 1.76. The first-order chi connectivity index (χ1) is 9.80. The highest BCUT2D eigenvalue weighted by Gasteiger charge is 2.37. The first-order valence-corrected chi connectivity index (χ1v) is 7.40. The molecule has 0 spiro atoms. The normalized spacial score (nSPS) is 24.5. The van der Waals surface area contributed by atoms with Gasteiger partial charge in [0, 0.05) is 19.1 Å². The first kappa shape index (κ1) is 13.5. The quantitative estimate of drug-likeness (QED) is 0.854. The molecule has 2 N–H and O–H groups in total. The fraction of sp³-hybridized carbons (Fsp3) is 0.529. The largest absolute Gasteiger partial charge is 0.495 e. The van der Waals surface area contributed by atoms with E-state index >= 15 is 0 Å². The second-order valence-corrected chi connectivity index (χ2v) is 5.80. The summed E-state index contributed by atoms with van der Waals surface area (Å²) < 4.78 is 5.36. The molecule has 20 heavy (non-hydrogen) atoms. The van der Waals surface area contributed by atoms with Crippen LogP contribution in [0.2, 0.25) is 0 Å². The molecule has 0 radical (unpaired) electrons. The molecule has 1 aromatic rings. The maximum atomic E-state index is 5.46. The number of likely N-dealkylation sites (tertiary alicyclic amines) is 1. The number of nitrogens with zero attached hydrogens (tertiary/aromatic N) is 1. The molecule has 2 unspecified atom stereocenters. The van der Waals surface area contributed by atoms with Gasteiger partial charge in [-0.3, -0.25) is 4.90 Å². The van der Waals surface area contributed by atoms with Gasteiger partial charge in [0.2, 0.25) is 0 Å². The van der Waals surface area contributed by atoms with Crippen molar-refractivity contribution >= 4 is 0 Å². The highest BCUT2D eigenvalue weighted by Crippen LogP contribution is 2.38. The summed E-state index contributed by atoms with van der Waals surface area (Å²) in [5.74, 6) is 7.79. The molecular formula is C17H22N2O. The van der Waals surface area contributed by atoms with E-state index in [2.05, 4.69) is 28.9 Å². The van der Waals surface area contributed by atoms with E-state index in [9.17, 15) is 0 Å². The van der Waals surface area contributed by atoms with Crippen molar-refractivity contribution in [1.82, 2.24) is 4.90 Å². The molecule has 2 bridgehead atoms. The maximum absolute atomic E-state index is 5.46. The van der Waals surface area contributed by atoms with Gasteiger partial charge in [0.1, 0.15) is 5.75 Å². The SMILES string of the molecule is COc1ccc(CN2CC3CCC2C3)cc1C#CCN. The van der Waals surface area contributed by atoms with Crippen molar-refractivity contribution in [1.29, 1.82) is 0 Å². The Morgan fingerprint density at radius 3 is 2.95 bits per heavy atom. The summed E-state index contributed by atoms with van der Waals surface area (Å²) in [7, 11) is 1.68. The lowest BCUT2D eigenvalue weighted by atomic mass is 10.1. The van der Waals surface area contributed by atoms with E-state index in [0.717, 1.165) is 29.8 Å². The zero-order chi connectivity index (χ0) is 13.9. The van der Waals surface area contributed by atoms with Crippen LogP contribution >= 0.6 is 0 Å². The zero-order valence-corrected chi connectivity index (χ0v) is 12.1. The van der Waals surface area contributed by atoms with Crippen LogP contribution in [0.1, 0.15) is 30.4 Å². The Labute approximate surface area is 121 Å². The molecule has 1 aromatic carbocycles. The molecule has 106 valence electrons. The molecule has 3 heteroatoms. The topological polar surface area (TPSA) is 38.5 Å². The predicted octanol–water partition coefficient (Wildman–Crippen LogP) is 1.99. The molecule has 1 heterocycles. The average Bonchev–Trinajstić information content (AvgIpc) is 3.08. The summed E-state index contributed by atoms with van der Waals surface area (Å²) in [5, 5.41) is 0. The van der Waals surface area contributed by atoms with Gasteiger partial charge in [0.15, 0.2) is 0 Å². The molecule has 2 aliphatic rings. The molecule has 0 amide bonds.